The van der Waals surface area contributed by atoms with E-state index in [1.165, 1.54) is 51.4 Å². The predicted octanol–water partition coefficient (Wildman–Crippen LogP) is 3.28. The van der Waals surface area contributed by atoms with Crippen molar-refractivity contribution in [2.75, 3.05) is 7.05 Å². The molecule has 0 heterocycles. The second-order valence-electron chi connectivity index (χ2n) is 5.63. The van der Waals surface area contributed by atoms with Gasteiger partial charge in [-0.25, -0.2) is 0 Å². The Kier molecular flexibility index (Phi) is 20.2. The largest absolute Gasteiger partial charge is 0.480 e. The van der Waals surface area contributed by atoms with Gasteiger partial charge in [0.05, 0.1) is 0 Å². The van der Waals surface area contributed by atoms with Gasteiger partial charge in [0, 0.05) is 0 Å². The third-order valence-corrected chi connectivity index (χ3v) is 3.94. The van der Waals surface area contributed by atoms with Crippen LogP contribution in [0.2, 0.25) is 0 Å². The van der Waals surface area contributed by atoms with Crippen molar-refractivity contribution in [2.45, 2.75) is 84.1 Å². The second kappa shape index (κ2) is 18.1. The first-order chi connectivity index (χ1) is 9.95. The van der Waals surface area contributed by atoms with E-state index >= 15 is 0 Å². The van der Waals surface area contributed by atoms with Crippen LogP contribution in [0, 0.1) is 0 Å². The van der Waals surface area contributed by atoms with Gasteiger partial charge in [0.25, 0.3) is 0 Å². The molecule has 0 radical (unpaired) electrons. The average Bonchev–Trinajstić information content (AvgIpc) is 2.45. The maximum Gasteiger partial charge on any atom is 0.320 e. The predicted molar refractivity (Wildman–Crippen MR) is 88.8 cm³/mol. The summed E-state index contributed by atoms with van der Waals surface area (Å²) in [5.41, 5.74) is 0. The fourth-order valence-corrected chi connectivity index (χ4v) is 2.16. The number of carbonyl (C=O) groups is 2. The van der Waals surface area contributed by atoms with Crippen LogP contribution in [0.15, 0.2) is 0 Å². The number of hydrogen-bond donors (Lipinski definition) is 2. The fourth-order valence-electron chi connectivity index (χ4n) is 1.81. The molecule has 0 aliphatic heterocycles. The van der Waals surface area contributed by atoms with Gasteiger partial charge in [-0.3, -0.25) is 4.79 Å². The molecule has 0 rings (SSSR count). The van der Waals surface area contributed by atoms with E-state index in [1.54, 1.807) is 14.0 Å². The summed E-state index contributed by atoms with van der Waals surface area (Å²) in [5, 5.41) is 10.7. The zero-order valence-electron chi connectivity index (χ0n) is 14.4. The summed E-state index contributed by atoms with van der Waals surface area (Å²) in [7, 11) is 1.61. The molecule has 0 aromatic carbocycles. The summed E-state index contributed by atoms with van der Waals surface area (Å²) in [6, 6.07) is -0.431. The van der Waals surface area contributed by atoms with Crippen molar-refractivity contribution in [1.82, 2.24) is 5.32 Å². The third kappa shape index (κ3) is 22.5. The van der Waals surface area contributed by atoms with Gasteiger partial charge in [0.2, 0.25) is 0 Å². The topological polar surface area (TPSA) is 66.4 Å². The van der Waals surface area contributed by atoms with Crippen LogP contribution in [0.5, 0.6) is 0 Å². The van der Waals surface area contributed by atoms with Crippen LogP contribution in [0.4, 0.5) is 0 Å². The molecule has 0 spiro atoms. The molecule has 4 nitrogen and oxygen atoms in total. The first kappa shape index (κ1) is 23.4. The van der Waals surface area contributed by atoms with Gasteiger partial charge in [-0.05, 0) is 14.0 Å². The van der Waals surface area contributed by atoms with E-state index in [2.05, 4.69) is 12.2 Å². The Balaban J connectivity index is 0. The molecule has 0 bridgehead atoms. The summed E-state index contributed by atoms with van der Waals surface area (Å²) >= 11 is 0.751. The standard InChI is InChI=1S/C12H23O.C4H9NO2.Na/c1-2-3-4-5-6-7-8-9-10-11-12-13;1-3(5-2)4(6)7;/h2-11H2,1H3;3,5H,1-2H3,(H,6,7);. The molecule has 0 aliphatic carbocycles. The molecule has 0 fully saturated rings. The third-order valence-electron chi connectivity index (χ3n) is 3.44. The Morgan fingerprint density at radius 3 is 1.71 bits per heavy atom. The van der Waals surface area contributed by atoms with Crippen LogP contribution in [0.3, 0.4) is 0 Å². The van der Waals surface area contributed by atoms with E-state index in [9.17, 15) is 9.59 Å². The van der Waals surface area contributed by atoms with Crippen molar-refractivity contribution >= 4 is 36.9 Å². The molecular formula is C16H32NNaO3. The van der Waals surface area contributed by atoms with E-state index in [4.69, 9.17) is 5.11 Å². The zero-order chi connectivity index (χ0) is 16.5. The van der Waals surface area contributed by atoms with E-state index in [1.807, 2.05) is 0 Å². The molecule has 0 saturated heterocycles. The maximum absolute atomic E-state index is 10.7. The Morgan fingerprint density at radius 1 is 1.00 bits per heavy atom. The van der Waals surface area contributed by atoms with E-state index in [-0.39, 0.29) is 0 Å². The monoisotopic (exact) mass is 309 g/mol. The minimum atomic E-state index is -0.817. The Hall–Kier alpha value is 0.1000. The van der Waals surface area contributed by atoms with Crippen LogP contribution in [-0.2, 0) is 9.59 Å². The number of unbranched alkanes of at least 4 members (excludes halogenated alkanes) is 8. The van der Waals surface area contributed by atoms with Crippen molar-refractivity contribution in [3.8, 4) is 0 Å². The quantitative estimate of drug-likeness (QED) is 0.429. The van der Waals surface area contributed by atoms with Crippen molar-refractivity contribution in [3.05, 3.63) is 0 Å². The van der Waals surface area contributed by atoms with Gasteiger partial charge in [-0.15, -0.1) is 0 Å². The molecule has 2 N–H and O–H groups in total. The number of rotatable bonds is 12. The van der Waals surface area contributed by atoms with E-state index in [0.717, 1.165) is 40.8 Å². The number of likely N-dealkylation sites (N-methyl/N-ethyl adjacent to an activating group) is 1. The van der Waals surface area contributed by atoms with Crippen LogP contribution in [-0.4, -0.2) is 55.1 Å². The summed E-state index contributed by atoms with van der Waals surface area (Å²) in [6.45, 7) is 3.84. The molecular weight excluding hydrogens is 277 g/mol. The van der Waals surface area contributed by atoms with Gasteiger partial charge in [-0.1, -0.05) is 0 Å². The van der Waals surface area contributed by atoms with Crippen molar-refractivity contribution in [3.63, 3.8) is 0 Å². The number of nitrogens with one attached hydrogen (secondary N) is 1. The smallest absolute Gasteiger partial charge is 0.320 e. The fraction of sp³-hybridized carbons (Fsp3) is 0.875. The summed E-state index contributed by atoms with van der Waals surface area (Å²) in [4.78, 5) is 20.6. The van der Waals surface area contributed by atoms with E-state index < -0.39 is 12.0 Å². The number of hydrogen-bond acceptors (Lipinski definition) is 3. The SMILES string of the molecule is CCCCCCCCCCC[C](=O)[Na].CNC(C)C(=O)O. The van der Waals surface area contributed by atoms with Gasteiger partial charge in [-0.2, -0.15) is 0 Å². The molecule has 5 heteroatoms. The number of carboxylic acids is 1. The van der Waals surface area contributed by atoms with Gasteiger partial charge in [0.15, 0.2) is 0 Å². The molecule has 0 amide bonds. The zero-order valence-corrected chi connectivity index (χ0v) is 16.4. The molecule has 1 unspecified atom stereocenters. The molecule has 0 aromatic heterocycles. The minimum Gasteiger partial charge on any atom is -0.480 e. The summed E-state index contributed by atoms with van der Waals surface area (Å²) in [6.07, 6.45) is 12.9. The maximum atomic E-state index is 10.7. The summed E-state index contributed by atoms with van der Waals surface area (Å²) < 4.78 is 0.480. The first-order valence-corrected chi connectivity index (χ1v) is 9.35. The molecule has 0 aliphatic rings. The van der Waals surface area contributed by atoms with Gasteiger partial charge >= 0.3 is 113 Å². The number of carboxylic acid groups (broad SMARTS) is 1. The Morgan fingerprint density at radius 2 is 1.43 bits per heavy atom. The van der Waals surface area contributed by atoms with Crippen molar-refractivity contribution in [2.24, 2.45) is 0 Å². The molecule has 0 saturated carbocycles. The van der Waals surface area contributed by atoms with Crippen LogP contribution in [0.25, 0.3) is 0 Å². The van der Waals surface area contributed by atoms with E-state index in [0.29, 0.717) is 3.03 Å². The first-order valence-electron chi connectivity index (χ1n) is 8.35. The van der Waals surface area contributed by atoms with Crippen molar-refractivity contribution in [1.29, 1.82) is 0 Å². The van der Waals surface area contributed by atoms with Gasteiger partial charge in [0.1, 0.15) is 6.04 Å². The summed E-state index contributed by atoms with van der Waals surface area (Å²) in [5.74, 6) is -0.817. The Bertz CT molecular complexity index is 260. The van der Waals surface area contributed by atoms with Crippen LogP contribution in [0.1, 0.15) is 78.1 Å². The van der Waals surface area contributed by atoms with Crippen LogP contribution < -0.4 is 5.32 Å². The minimum absolute atomic E-state index is 0.431. The molecule has 1 atom stereocenters. The van der Waals surface area contributed by atoms with Gasteiger partial charge < -0.3 is 10.4 Å². The number of aliphatic carboxylic acids is 1. The Labute approximate surface area is 147 Å². The number of carbonyl (C=O) groups excluding carboxylic acids is 1. The normalized spacial score (nSPS) is 11.5. The van der Waals surface area contributed by atoms with Crippen molar-refractivity contribution < 1.29 is 14.7 Å². The van der Waals surface area contributed by atoms with Crippen LogP contribution >= 0.6 is 0 Å². The average molecular weight is 309 g/mol. The molecule has 0 aromatic rings. The second-order valence-corrected chi connectivity index (χ2v) is 6.74. The molecule has 21 heavy (non-hydrogen) atoms. The molecule has 120 valence electrons.